The van der Waals surface area contributed by atoms with Crippen molar-refractivity contribution in [2.45, 2.75) is 5.22 Å². The summed E-state index contributed by atoms with van der Waals surface area (Å²) < 4.78 is 30.7. The van der Waals surface area contributed by atoms with Gasteiger partial charge in [-0.25, -0.2) is 8.78 Å². The maximum absolute atomic E-state index is 12.9. The van der Waals surface area contributed by atoms with Gasteiger partial charge in [0.1, 0.15) is 0 Å². The zero-order valence-corrected chi connectivity index (χ0v) is 8.52. The molecule has 0 unspecified atom stereocenters. The molecule has 0 bridgehead atoms. The summed E-state index contributed by atoms with van der Waals surface area (Å²) in [5, 5.41) is 7.78. The van der Waals surface area contributed by atoms with E-state index in [-0.39, 0.29) is 5.89 Å². The molecule has 3 nitrogen and oxygen atoms in total. The van der Waals surface area contributed by atoms with Gasteiger partial charge in [-0.1, -0.05) is 11.8 Å². The Morgan fingerprint density at radius 1 is 1.20 bits per heavy atom. The first kappa shape index (κ1) is 10.1. The van der Waals surface area contributed by atoms with E-state index in [1.807, 2.05) is 0 Å². The van der Waals surface area contributed by atoms with Crippen molar-refractivity contribution in [1.82, 2.24) is 10.2 Å². The van der Waals surface area contributed by atoms with Gasteiger partial charge in [0.25, 0.3) is 5.22 Å². The predicted molar refractivity (Wildman–Crippen MR) is 51.4 cm³/mol. The van der Waals surface area contributed by atoms with Crippen LogP contribution in [-0.4, -0.2) is 16.5 Å². The standard InChI is InChI=1S/C9H6F2N2OS/c1-15-9-13-12-8(14-9)5-2-3-6(10)7(11)4-5/h2-4H,1H3. The summed E-state index contributed by atoms with van der Waals surface area (Å²) in [7, 11) is 0. The molecule has 0 amide bonds. The van der Waals surface area contributed by atoms with Crippen LogP contribution in [0.4, 0.5) is 8.78 Å². The van der Waals surface area contributed by atoms with Crippen LogP contribution in [0.1, 0.15) is 0 Å². The van der Waals surface area contributed by atoms with Crippen LogP contribution < -0.4 is 0 Å². The number of thioether (sulfide) groups is 1. The molecule has 2 aromatic rings. The lowest BCUT2D eigenvalue weighted by Gasteiger charge is -1.95. The van der Waals surface area contributed by atoms with Crippen LogP contribution in [0.15, 0.2) is 27.8 Å². The molecule has 78 valence electrons. The monoisotopic (exact) mass is 228 g/mol. The number of hydrogen-bond donors (Lipinski definition) is 0. The fourth-order valence-electron chi connectivity index (χ4n) is 1.04. The number of halogens is 2. The Labute approximate surface area is 88.5 Å². The first-order chi connectivity index (χ1) is 7.20. The SMILES string of the molecule is CSc1nnc(-c2ccc(F)c(F)c2)o1. The van der Waals surface area contributed by atoms with Crippen LogP contribution in [0, 0.1) is 11.6 Å². The predicted octanol–water partition coefficient (Wildman–Crippen LogP) is 2.74. The van der Waals surface area contributed by atoms with Crippen LogP contribution in [0.25, 0.3) is 11.5 Å². The number of hydrogen-bond acceptors (Lipinski definition) is 4. The van der Waals surface area contributed by atoms with Crippen molar-refractivity contribution in [3.8, 4) is 11.5 Å². The van der Waals surface area contributed by atoms with Crippen molar-refractivity contribution in [2.24, 2.45) is 0 Å². The van der Waals surface area contributed by atoms with E-state index in [1.165, 1.54) is 17.8 Å². The molecule has 1 aromatic carbocycles. The van der Waals surface area contributed by atoms with Gasteiger partial charge < -0.3 is 4.42 Å². The third-order valence-electron chi connectivity index (χ3n) is 1.75. The minimum atomic E-state index is -0.934. The van der Waals surface area contributed by atoms with Crippen LogP contribution in [0.5, 0.6) is 0 Å². The molecule has 1 heterocycles. The average Bonchev–Trinajstić information content (AvgIpc) is 2.70. The van der Waals surface area contributed by atoms with Gasteiger partial charge in [-0.3, -0.25) is 0 Å². The second kappa shape index (κ2) is 3.98. The van der Waals surface area contributed by atoms with Crippen molar-refractivity contribution >= 4 is 11.8 Å². The molecule has 0 N–H and O–H groups in total. The van der Waals surface area contributed by atoms with Gasteiger partial charge in [0.05, 0.1) is 0 Å². The summed E-state index contributed by atoms with van der Waals surface area (Å²) in [5.74, 6) is -1.65. The van der Waals surface area contributed by atoms with E-state index in [2.05, 4.69) is 10.2 Å². The number of aromatic nitrogens is 2. The summed E-state index contributed by atoms with van der Waals surface area (Å²) in [6, 6.07) is 3.43. The van der Waals surface area contributed by atoms with Crippen molar-refractivity contribution in [3.05, 3.63) is 29.8 Å². The lowest BCUT2D eigenvalue weighted by molar-refractivity contribution is 0.465. The fourth-order valence-corrected chi connectivity index (χ4v) is 1.32. The molecule has 0 radical (unpaired) electrons. The zero-order chi connectivity index (χ0) is 10.8. The lowest BCUT2D eigenvalue weighted by atomic mass is 10.2. The molecule has 0 saturated carbocycles. The minimum Gasteiger partial charge on any atom is -0.411 e. The average molecular weight is 228 g/mol. The highest BCUT2D eigenvalue weighted by molar-refractivity contribution is 7.98. The van der Waals surface area contributed by atoms with Gasteiger partial charge >= 0.3 is 0 Å². The van der Waals surface area contributed by atoms with Crippen molar-refractivity contribution < 1.29 is 13.2 Å². The molecule has 2 rings (SSSR count). The van der Waals surface area contributed by atoms with E-state index in [0.717, 1.165) is 12.1 Å². The van der Waals surface area contributed by atoms with Crippen molar-refractivity contribution in [1.29, 1.82) is 0 Å². The van der Waals surface area contributed by atoms with E-state index in [1.54, 1.807) is 6.26 Å². The normalized spacial score (nSPS) is 10.6. The molecule has 15 heavy (non-hydrogen) atoms. The Hall–Kier alpha value is -1.43. The second-order valence-corrected chi connectivity index (χ2v) is 3.46. The van der Waals surface area contributed by atoms with E-state index in [0.29, 0.717) is 10.8 Å². The van der Waals surface area contributed by atoms with E-state index in [9.17, 15) is 8.78 Å². The fraction of sp³-hybridized carbons (Fsp3) is 0.111. The molecular weight excluding hydrogens is 222 g/mol. The highest BCUT2D eigenvalue weighted by Crippen LogP contribution is 2.22. The zero-order valence-electron chi connectivity index (χ0n) is 7.70. The van der Waals surface area contributed by atoms with Gasteiger partial charge in [-0.05, 0) is 24.5 Å². The highest BCUT2D eigenvalue weighted by Gasteiger charge is 2.10. The summed E-state index contributed by atoms with van der Waals surface area (Å²) in [4.78, 5) is 0. The molecule has 0 saturated heterocycles. The van der Waals surface area contributed by atoms with Crippen LogP contribution in [0.2, 0.25) is 0 Å². The summed E-state index contributed by atoms with van der Waals surface area (Å²) >= 11 is 1.28. The second-order valence-electron chi connectivity index (χ2n) is 2.71. The number of benzene rings is 1. The molecule has 0 fully saturated rings. The first-order valence-electron chi connectivity index (χ1n) is 4.03. The van der Waals surface area contributed by atoms with Crippen LogP contribution >= 0.6 is 11.8 Å². The Morgan fingerprint density at radius 2 is 2.00 bits per heavy atom. The van der Waals surface area contributed by atoms with Gasteiger partial charge in [0, 0.05) is 5.56 Å². The van der Waals surface area contributed by atoms with Gasteiger partial charge in [0.15, 0.2) is 11.6 Å². The van der Waals surface area contributed by atoms with Crippen LogP contribution in [-0.2, 0) is 0 Å². The topological polar surface area (TPSA) is 38.9 Å². The largest absolute Gasteiger partial charge is 0.411 e. The van der Waals surface area contributed by atoms with E-state index in [4.69, 9.17) is 4.42 Å². The van der Waals surface area contributed by atoms with Crippen molar-refractivity contribution in [2.75, 3.05) is 6.26 Å². The van der Waals surface area contributed by atoms with Gasteiger partial charge in [-0.2, -0.15) is 0 Å². The molecule has 0 spiro atoms. The summed E-state index contributed by atoms with van der Waals surface area (Å²) in [5.41, 5.74) is 0.363. The Kier molecular flexibility index (Phi) is 2.68. The van der Waals surface area contributed by atoms with Gasteiger partial charge in [-0.15, -0.1) is 10.2 Å². The number of rotatable bonds is 2. The Morgan fingerprint density at radius 3 is 2.60 bits per heavy atom. The maximum Gasteiger partial charge on any atom is 0.276 e. The maximum atomic E-state index is 12.9. The molecule has 0 aliphatic rings. The Bertz CT molecular complexity index is 487. The molecule has 0 aliphatic heterocycles. The third kappa shape index (κ3) is 1.99. The molecule has 6 heteroatoms. The highest BCUT2D eigenvalue weighted by atomic mass is 32.2. The van der Waals surface area contributed by atoms with Gasteiger partial charge in [0.2, 0.25) is 5.89 Å². The molecular formula is C9H6F2N2OS. The molecule has 0 atom stereocenters. The summed E-state index contributed by atoms with van der Waals surface area (Å²) in [6.07, 6.45) is 1.78. The third-order valence-corrected chi connectivity index (χ3v) is 2.26. The molecule has 0 aliphatic carbocycles. The minimum absolute atomic E-state index is 0.179. The van der Waals surface area contributed by atoms with E-state index < -0.39 is 11.6 Å². The summed E-state index contributed by atoms with van der Waals surface area (Å²) in [6.45, 7) is 0. The lowest BCUT2D eigenvalue weighted by Crippen LogP contribution is -1.85. The quantitative estimate of drug-likeness (QED) is 0.741. The Balaban J connectivity index is 2.40. The van der Waals surface area contributed by atoms with E-state index >= 15 is 0 Å². The smallest absolute Gasteiger partial charge is 0.276 e. The van der Waals surface area contributed by atoms with Crippen LogP contribution in [0.3, 0.4) is 0 Å². The number of nitrogens with zero attached hydrogens (tertiary/aromatic N) is 2. The molecule has 1 aromatic heterocycles. The van der Waals surface area contributed by atoms with Crippen molar-refractivity contribution in [3.63, 3.8) is 0 Å². The first-order valence-corrected chi connectivity index (χ1v) is 5.26.